The molecular weight excluding hydrogens is 302 g/mol. The summed E-state index contributed by atoms with van der Waals surface area (Å²) in [6.07, 6.45) is 1.86. The number of carboxylic acid groups (broad SMARTS) is 1. The Morgan fingerprint density at radius 2 is 1.81 bits per heavy atom. The molecule has 1 N–H and O–H groups in total. The Bertz CT molecular complexity index is 691. The predicted molar refractivity (Wildman–Crippen MR) is 74.6 cm³/mol. The highest BCUT2D eigenvalue weighted by Crippen LogP contribution is 2.32. The van der Waals surface area contributed by atoms with Crippen LogP contribution in [0.1, 0.15) is 5.56 Å². The molecule has 0 saturated heterocycles. The molecule has 0 amide bonds. The van der Waals surface area contributed by atoms with Crippen LogP contribution in [-0.4, -0.2) is 11.1 Å². The molecule has 3 nitrogen and oxygen atoms in total. The van der Waals surface area contributed by atoms with E-state index in [0.29, 0.717) is 0 Å². The van der Waals surface area contributed by atoms with Crippen molar-refractivity contribution in [3.8, 4) is 11.5 Å². The Labute approximate surface area is 124 Å². The van der Waals surface area contributed by atoms with Crippen LogP contribution in [0.15, 0.2) is 42.5 Å². The number of hydrogen-bond acceptors (Lipinski definition) is 2. The van der Waals surface area contributed by atoms with Crippen LogP contribution in [0, 0.1) is 11.6 Å². The van der Waals surface area contributed by atoms with E-state index in [1.54, 1.807) is 12.1 Å². The van der Waals surface area contributed by atoms with Gasteiger partial charge < -0.3 is 9.84 Å². The topological polar surface area (TPSA) is 46.5 Å². The van der Waals surface area contributed by atoms with Gasteiger partial charge in [-0.2, -0.15) is 0 Å². The normalized spacial score (nSPS) is 10.8. The minimum absolute atomic E-state index is 0.0684. The van der Waals surface area contributed by atoms with Crippen LogP contribution in [0.2, 0.25) is 5.02 Å². The van der Waals surface area contributed by atoms with E-state index in [0.717, 1.165) is 24.3 Å². The van der Waals surface area contributed by atoms with Gasteiger partial charge in [-0.3, -0.25) is 0 Å². The van der Waals surface area contributed by atoms with Gasteiger partial charge >= 0.3 is 5.97 Å². The molecular formula is C15H9ClF2O3. The molecule has 0 aliphatic rings. The predicted octanol–water partition coefficient (Wildman–Crippen LogP) is 4.51. The van der Waals surface area contributed by atoms with E-state index >= 15 is 0 Å². The first-order valence-corrected chi connectivity index (χ1v) is 6.17. The van der Waals surface area contributed by atoms with E-state index in [9.17, 15) is 13.6 Å². The first kappa shape index (κ1) is 15.0. The molecule has 0 saturated carbocycles. The van der Waals surface area contributed by atoms with Gasteiger partial charge in [0.25, 0.3) is 0 Å². The van der Waals surface area contributed by atoms with Crippen LogP contribution < -0.4 is 4.74 Å². The third kappa shape index (κ3) is 3.79. The zero-order chi connectivity index (χ0) is 15.4. The minimum atomic E-state index is -1.22. The van der Waals surface area contributed by atoms with E-state index in [1.807, 2.05) is 0 Å². The molecule has 2 aromatic rings. The van der Waals surface area contributed by atoms with Crippen molar-refractivity contribution in [3.05, 3.63) is 64.7 Å². The van der Waals surface area contributed by atoms with Crippen LogP contribution in [-0.2, 0) is 4.79 Å². The van der Waals surface area contributed by atoms with E-state index in [4.69, 9.17) is 21.4 Å². The molecule has 0 aliphatic carbocycles. The molecule has 108 valence electrons. The van der Waals surface area contributed by atoms with Gasteiger partial charge in [-0.15, -0.1) is 0 Å². The third-order valence-electron chi connectivity index (χ3n) is 2.49. The summed E-state index contributed by atoms with van der Waals surface area (Å²) in [6.45, 7) is 0. The van der Waals surface area contributed by atoms with Crippen LogP contribution >= 0.6 is 11.6 Å². The lowest BCUT2D eigenvalue weighted by Gasteiger charge is -2.09. The monoisotopic (exact) mass is 310 g/mol. The van der Waals surface area contributed by atoms with Crippen LogP contribution in [0.25, 0.3) is 6.08 Å². The molecule has 0 atom stereocenters. The molecule has 0 fully saturated rings. The van der Waals surface area contributed by atoms with Gasteiger partial charge in [-0.25, -0.2) is 13.6 Å². The van der Waals surface area contributed by atoms with Gasteiger partial charge in [0.15, 0.2) is 17.4 Å². The highest BCUT2D eigenvalue weighted by Gasteiger charge is 2.14. The highest BCUT2D eigenvalue weighted by molar-refractivity contribution is 6.32. The molecule has 0 heterocycles. The Morgan fingerprint density at radius 3 is 2.38 bits per heavy atom. The second kappa shape index (κ2) is 6.37. The number of rotatable bonds is 4. The number of halogens is 3. The summed E-state index contributed by atoms with van der Waals surface area (Å²) in [7, 11) is 0. The third-order valence-corrected chi connectivity index (χ3v) is 2.80. The summed E-state index contributed by atoms with van der Waals surface area (Å²) < 4.78 is 32.9. The lowest BCUT2D eigenvalue weighted by Crippen LogP contribution is -1.95. The van der Waals surface area contributed by atoms with E-state index < -0.39 is 23.4 Å². The van der Waals surface area contributed by atoms with Crippen molar-refractivity contribution >= 4 is 23.6 Å². The van der Waals surface area contributed by atoms with Gasteiger partial charge in [0.2, 0.25) is 0 Å². The average molecular weight is 311 g/mol. The van der Waals surface area contributed by atoms with E-state index in [-0.39, 0.29) is 16.3 Å². The quantitative estimate of drug-likeness (QED) is 0.845. The molecule has 0 aromatic heterocycles. The van der Waals surface area contributed by atoms with Crippen molar-refractivity contribution < 1.29 is 23.4 Å². The summed E-state index contributed by atoms with van der Waals surface area (Å²) >= 11 is 5.85. The van der Waals surface area contributed by atoms with Gasteiger partial charge in [0, 0.05) is 6.08 Å². The fourth-order valence-electron chi connectivity index (χ4n) is 1.58. The molecule has 0 bridgehead atoms. The van der Waals surface area contributed by atoms with E-state index in [2.05, 4.69) is 0 Å². The van der Waals surface area contributed by atoms with Crippen molar-refractivity contribution in [2.75, 3.05) is 0 Å². The van der Waals surface area contributed by atoms with Crippen molar-refractivity contribution in [3.63, 3.8) is 0 Å². The largest absolute Gasteiger partial charge is 0.478 e. The number of ether oxygens (including phenoxy) is 1. The van der Waals surface area contributed by atoms with E-state index in [1.165, 1.54) is 12.1 Å². The summed E-state index contributed by atoms with van der Waals surface area (Å²) in [5.74, 6) is -3.62. The minimum Gasteiger partial charge on any atom is -0.478 e. The fourth-order valence-corrected chi connectivity index (χ4v) is 1.75. The Hall–Kier alpha value is -2.40. The smallest absolute Gasteiger partial charge is 0.328 e. The van der Waals surface area contributed by atoms with Crippen LogP contribution in [0.3, 0.4) is 0 Å². The fraction of sp³-hybridized carbons (Fsp3) is 0. The molecule has 2 aromatic carbocycles. The highest BCUT2D eigenvalue weighted by atomic mass is 35.5. The zero-order valence-corrected chi connectivity index (χ0v) is 11.3. The van der Waals surface area contributed by atoms with Crippen LogP contribution in [0.4, 0.5) is 8.78 Å². The van der Waals surface area contributed by atoms with Crippen LogP contribution in [0.5, 0.6) is 11.5 Å². The first-order chi connectivity index (χ1) is 9.97. The standard InChI is InChI=1S/C15H9ClF2O3/c16-10-3-1-2-4-13(10)21-15-11(17)7-9(8-12(15)18)5-6-14(19)20/h1-8H,(H,19,20). The van der Waals surface area contributed by atoms with Gasteiger partial charge in [0.1, 0.15) is 5.75 Å². The van der Waals surface area contributed by atoms with Crippen molar-refractivity contribution in [1.29, 1.82) is 0 Å². The second-order valence-corrected chi connectivity index (χ2v) is 4.42. The SMILES string of the molecule is O=C(O)C=Cc1cc(F)c(Oc2ccccc2Cl)c(F)c1. The van der Waals surface area contributed by atoms with Gasteiger partial charge in [-0.1, -0.05) is 23.7 Å². The Balaban J connectivity index is 2.34. The number of carbonyl (C=O) groups is 1. The summed E-state index contributed by atoms with van der Waals surface area (Å²) in [4.78, 5) is 10.4. The second-order valence-electron chi connectivity index (χ2n) is 4.02. The molecule has 0 aliphatic heterocycles. The Morgan fingerprint density at radius 1 is 1.19 bits per heavy atom. The molecule has 2 rings (SSSR count). The molecule has 6 heteroatoms. The van der Waals surface area contributed by atoms with Crippen molar-refractivity contribution in [1.82, 2.24) is 0 Å². The maximum absolute atomic E-state index is 13.9. The maximum Gasteiger partial charge on any atom is 0.328 e. The van der Waals surface area contributed by atoms with Gasteiger partial charge in [0.05, 0.1) is 5.02 Å². The number of para-hydroxylation sites is 1. The zero-order valence-electron chi connectivity index (χ0n) is 10.5. The first-order valence-electron chi connectivity index (χ1n) is 5.80. The molecule has 0 unspecified atom stereocenters. The summed E-state index contributed by atoms with van der Waals surface area (Å²) in [6, 6.07) is 8.20. The lowest BCUT2D eigenvalue weighted by atomic mass is 10.2. The number of carboxylic acids is 1. The van der Waals surface area contributed by atoms with Gasteiger partial charge in [-0.05, 0) is 35.9 Å². The maximum atomic E-state index is 13.9. The lowest BCUT2D eigenvalue weighted by molar-refractivity contribution is -0.131. The molecule has 0 spiro atoms. The number of aliphatic carboxylic acids is 1. The summed E-state index contributed by atoms with van der Waals surface area (Å²) in [5.41, 5.74) is 0.0684. The molecule has 21 heavy (non-hydrogen) atoms. The number of benzene rings is 2. The Kier molecular flexibility index (Phi) is 4.55. The summed E-state index contributed by atoms with van der Waals surface area (Å²) in [5, 5.41) is 8.69. The molecule has 0 radical (unpaired) electrons. The van der Waals surface area contributed by atoms with Crippen molar-refractivity contribution in [2.45, 2.75) is 0 Å². The number of hydrogen-bond donors (Lipinski definition) is 1. The van der Waals surface area contributed by atoms with Crippen molar-refractivity contribution in [2.24, 2.45) is 0 Å². The average Bonchev–Trinajstić information content (AvgIpc) is 2.42.